The van der Waals surface area contributed by atoms with Gasteiger partial charge < -0.3 is 10.1 Å². The van der Waals surface area contributed by atoms with Crippen molar-refractivity contribution in [2.45, 2.75) is 45.7 Å². The zero-order chi connectivity index (χ0) is 12.3. The third-order valence-corrected chi connectivity index (χ3v) is 2.75. The van der Waals surface area contributed by atoms with E-state index in [0.717, 1.165) is 39.1 Å². The molecule has 0 aromatic carbocycles. The zero-order valence-corrected chi connectivity index (χ0v) is 11.1. The zero-order valence-electron chi connectivity index (χ0n) is 11.1. The van der Waals surface area contributed by atoms with Crippen LogP contribution in [0.15, 0.2) is 12.3 Å². The maximum Gasteiger partial charge on any atom is 0.0522 e. The van der Waals surface area contributed by atoms with Crippen LogP contribution in [0.2, 0.25) is 0 Å². The molecule has 17 heavy (non-hydrogen) atoms. The second kappa shape index (κ2) is 9.19. The summed E-state index contributed by atoms with van der Waals surface area (Å²) in [5.41, 5.74) is 1.28. The molecule has 0 saturated carbocycles. The van der Waals surface area contributed by atoms with E-state index in [1.807, 2.05) is 6.20 Å². The van der Waals surface area contributed by atoms with E-state index in [1.165, 1.54) is 18.5 Å². The number of unbranched alkanes of at least 4 members (excludes halogenated alkanes) is 2. The van der Waals surface area contributed by atoms with Crippen molar-refractivity contribution in [3.05, 3.63) is 18.0 Å². The predicted octanol–water partition coefficient (Wildman–Crippen LogP) is 2.20. The van der Waals surface area contributed by atoms with E-state index in [0.29, 0.717) is 0 Å². The third-order valence-electron chi connectivity index (χ3n) is 2.75. The molecule has 1 heterocycles. The summed E-state index contributed by atoms with van der Waals surface area (Å²) in [5.74, 6) is 0. The fourth-order valence-electron chi connectivity index (χ4n) is 1.81. The molecule has 98 valence electrons. The Hall–Kier alpha value is -0.870. The maximum absolute atomic E-state index is 5.02. The van der Waals surface area contributed by atoms with Gasteiger partial charge in [0.2, 0.25) is 0 Å². The number of methoxy groups -OCH3 is 1. The van der Waals surface area contributed by atoms with Gasteiger partial charge in [-0.2, -0.15) is 5.10 Å². The first kappa shape index (κ1) is 14.2. The highest BCUT2D eigenvalue weighted by atomic mass is 16.5. The lowest BCUT2D eigenvalue weighted by molar-refractivity contribution is 0.192. The molecule has 0 saturated heterocycles. The van der Waals surface area contributed by atoms with Crippen LogP contribution in [0.5, 0.6) is 0 Å². The summed E-state index contributed by atoms with van der Waals surface area (Å²) in [4.78, 5) is 0. The second-order valence-corrected chi connectivity index (χ2v) is 4.28. The van der Waals surface area contributed by atoms with E-state index in [-0.39, 0.29) is 0 Å². The summed E-state index contributed by atoms with van der Waals surface area (Å²) in [7, 11) is 1.76. The van der Waals surface area contributed by atoms with Gasteiger partial charge in [0.1, 0.15) is 0 Å². The van der Waals surface area contributed by atoms with Crippen LogP contribution in [0, 0.1) is 0 Å². The fourth-order valence-corrected chi connectivity index (χ4v) is 1.81. The average Bonchev–Trinajstić information content (AvgIpc) is 2.76. The Labute approximate surface area is 104 Å². The Bertz CT molecular complexity index is 286. The number of aryl methyl sites for hydroxylation is 1. The molecule has 1 aromatic rings. The molecule has 0 radical (unpaired) electrons. The number of rotatable bonds is 10. The Morgan fingerprint density at radius 1 is 1.35 bits per heavy atom. The number of hydrogen-bond acceptors (Lipinski definition) is 3. The van der Waals surface area contributed by atoms with Crippen molar-refractivity contribution in [1.82, 2.24) is 15.1 Å². The maximum atomic E-state index is 5.02. The molecule has 0 atom stereocenters. The average molecular weight is 239 g/mol. The van der Waals surface area contributed by atoms with Crippen molar-refractivity contribution >= 4 is 0 Å². The van der Waals surface area contributed by atoms with Crippen LogP contribution < -0.4 is 5.32 Å². The third kappa shape index (κ3) is 5.84. The van der Waals surface area contributed by atoms with Gasteiger partial charge in [0, 0.05) is 33.0 Å². The summed E-state index contributed by atoms with van der Waals surface area (Å²) in [6.07, 6.45) is 6.61. The Balaban J connectivity index is 2.07. The summed E-state index contributed by atoms with van der Waals surface area (Å²) in [6, 6.07) is 2.09. The van der Waals surface area contributed by atoms with Crippen molar-refractivity contribution in [3.63, 3.8) is 0 Å². The second-order valence-electron chi connectivity index (χ2n) is 4.28. The van der Waals surface area contributed by atoms with Gasteiger partial charge in [-0.25, -0.2) is 0 Å². The van der Waals surface area contributed by atoms with E-state index in [2.05, 4.69) is 28.1 Å². The molecule has 4 nitrogen and oxygen atoms in total. The molecular formula is C13H25N3O. The summed E-state index contributed by atoms with van der Waals surface area (Å²) < 4.78 is 7.10. The number of nitrogens with zero attached hydrogens (tertiary/aromatic N) is 2. The van der Waals surface area contributed by atoms with Gasteiger partial charge >= 0.3 is 0 Å². The first-order valence-corrected chi connectivity index (χ1v) is 6.58. The van der Waals surface area contributed by atoms with Crippen molar-refractivity contribution < 1.29 is 4.74 Å². The van der Waals surface area contributed by atoms with Gasteiger partial charge in [-0.1, -0.05) is 6.92 Å². The van der Waals surface area contributed by atoms with Crippen LogP contribution in [0.4, 0.5) is 0 Å². The molecule has 0 aliphatic rings. The lowest BCUT2D eigenvalue weighted by Gasteiger charge is -2.07. The molecule has 1 N–H and O–H groups in total. The summed E-state index contributed by atoms with van der Waals surface area (Å²) in [5, 5.41) is 7.77. The number of aromatic nitrogens is 2. The Kier molecular flexibility index (Phi) is 7.67. The summed E-state index contributed by atoms with van der Waals surface area (Å²) in [6.45, 7) is 6.06. The van der Waals surface area contributed by atoms with E-state index in [4.69, 9.17) is 4.74 Å². The van der Waals surface area contributed by atoms with Crippen molar-refractivity contribution in [1.29, 1.82) is 0 Å². The minimum absolute atomic E-state index is 0.878. The first-order chi connectivity index (χ1) is 8.38. The van der Waals surface area contributed by atoms with Gasteiger partial charge in [0.15, 0.2) is 0 Å². The van der Waals surface area contributed by atoms with Crippen LogP contribution in [0.3, 0.4) is 0 Å². The minimum Gasteiger partial charge on any atom is -0.385 e. The van der Waals surface area contributed by atoms with Crippen LogP contribution in [0.1, 0.15) is 38.3 Å². The quantitative estimate of drug-likeness (QED) is 0.636. The van der Waals surface area contributed by atoms with Gasteiger partial charge in [0.05, 0.1) is 5.69 Å². The molecule has 1 rings (SSSR count). The smallest absolute Gasteiger partial charge is 0.0522 e. The van der Waals surface area contributed by atoms with Gasteiger partial charge in [0.25, 0.3) is 0 Å². The largest absolute Gasteiger partial charge is 0.385 e. The standard InChI is InChI=1S/C13H25N3O/c1-3-10-16-13(7-9-15-16)12-14-8-5-4-6-11-17-2/h7,9,14H,3-6,8,10-12H2,1-2H3. The minimum atomic E-state index is 0.878. The number of hydrogen-bond donors (Lipinski definition) is 1. The molecule has 4 heteroatoms. The van der Waals surface area contributed by atoms with Gasteiger partial charge in [-0.15, -0.1) is 0 Å². The Morgan fingerprint density at radius 3 is 3.00 bits per heavy atom. The van der Waals surface area contributed by atoms with E-state index in [1.54, 1.807) is 7.11 Å². The topological polar surface area (TPSA) is 39.1 Å². The van der Waals surface area contributed by atoms with E-state index >= 15 is 0 Å². The van der Waals surface area contributed by atoms with E-state index in [9.17, 15) is 0 Å². The monoisotopic (exact) mass is 239 g/mol. The van der Waals surface area contributed by atoms with Crippen LogP contribution in [-0.4, -0.2) is 30.0 Å². The van der Waals surface area contributed by atoms with Crippen molar-refractivity contribution in [3.8, 4) is 0 Å². The Morgan fingerprint density at radius 2 is 2.24 bits per heavy atom. The highest BCUT2D eigenvalue weighted by Gasteiger charge is 2.00. The molecule has 0 aliphatic heterocycles. The summed E-state index contributed by atoms with van der Waals surface area (Å²) >= 11 is 0. The fraction of sp³-hybridized carbons (Fsp3) is 0.769. The van der Waals surface area contributed by atoms with Crippen LogP contribution >= 0.6 is 0 Å². The van der Waals surface area contributed by atoms with E-state index < -0.39 is 0 Å². The molecule has 0 spiro atoms. The van der Waals surface area contributed by atoms with Gasteiger partial charge in [-0.05, 0) is 38.3 Å². The first-order valence-electron chi connectivity index (χ1n) is 6.58. The lowest BCUT2D eigenvalue weighted by Crippen LogP contribution is -2.18. The van der Waals surface area contributed by atoms with Gasteiger partial charge in [-0.3, -0.25) is 4.68 Å². The highest BCUT2D eigenvalue weighted by molar-refractivity contribution is 4.99. The molecule has 1 aromatic heterocycles. The lowest BCUT2D eigenvalue weighted by atomic mass is 10.2. The van der Waals surface area contributed by atoms with Crippen molar-refractivity contribution in [2.24, 2.45) is 0 Å². The molecule has 0 unspecified atom stereocenters. The highest BCUT2D eigenvalue weighted by Crippen LogP contribution is 2.00. The molecule has 0 aliphatic carbocycles. The van der Waals surface area contributed by atoms with Crippen molar-refractivity contribution in [2.75, 3.05) is 20.3 Å². The predicted molar refractivity (Wildman–Crippen MR) is 70.0 cm³/mol. The normalized spacial score (nSPS) is 10.9. The number of nitrogens with one attached hydrogen (secondary N) is 1. The number of ether oxygens (including phenoxy) is 1. The molecule has 0 bridgehead atoms. The van der Waals surface area contributed by atoms with Crippen LogP contribution in [0.25, 0.3) is 0 Å². The molecule has 0 fully saturated rings. The van der Waals surface area contributed by atoms with Crippen LogP contribution in [-0.2, 0) is 17.8 Å². The molecule has 0 amide bonds. The molecular weight excluding hydrogens is 214 g/mol. The SMILES string of the molecule is CCCn1nccc1CNCCCCCOC.